The van der Waals surface area contributed by atoms with Crippen molar-refractivity contribution < 1.29 is 9.53 Å². The first kappa shape index (κ1) is 18.0. The van der Waals surface area contributed by atoms with Gasteiger partial charge >= 0.3 is 0 Å². The minimum absolute atomic E-state index is 0.130. The number of amides is 1. The summed E-state index contributed by atoms with van der Waals surface area (Å²) in [4.78, 5) is 30.7. The summed E-state index contributed by atoms with van der Waals surface area (Å²) < 4.78 is 5.57. The van der Waals surface area contributed by atoms with Crippen molar-refractivity contribution >= 4 is 22.6 Å². The van der Waals surface area contributed by atoms with Crippen LogP contribution < -0.4 is 4.90 Å². The third-order valence-electron chi connectivity index (χ3n) is 5.60. The van der Waals surface area contributed by atoms with E-state index in [1.54, 1.807) is 12.4 Å². The number of carbonyl (C=O) groups is 1. The first-order valence-corrected chi connectivity index (χ1v) is 10.1. The lowest BCUT2D eigenvalue weighted by atomic mass is 10.1. The molecule has 2 aliphatic rings. The molecule has 1 amide bonds. The largest absolute Gasteiger partial charge is 0.368 e. The maximum Gasteiger partial charge on any atom is 0.251 e. The van der Waals surface area contributed by atoms with Crippen LogP contribution in [0.4, 0.5) is 5.82 Å². The number of aromatic nitrogens is 3. The maximum atomic E-state index is 12.6. The van der Waals surface area contributed by atoms with Crippen molar-refractivity contribution in [2.45, 2.75) is 18.9 Å². The van der Waals surface area contributed by atoms with Gasteiger partial charge in [0, 0.05) is 56.1 Å². The van der Waals surface area contributed by atoms with Crippen LogP contribution in [-0.2, 0) is 9.53 Å². The summed E-state index contributed by atoms with van der Waals surface area (Å²) in [5, 5.41) is 1.03. The summed E-state index contributed by atoms with van der Waals surface area (Å²) in [6.45, 7) is 3.54. The van der Waals surface area contributed by atoms with Gasteiger partial charge in [0.2, 0.25) is 0 Å². The van der Waals surface area contributed by atoms with Crippen molar-refractivity contribution in [1.82, 2.24) is 19.9 Å². The Bertz CT molecular complexity index is 1010. The summed E-state index contributed by atoms with van der Waals surface area (Å²) in [6.07, 6.45) is 5.09. The van der Waals surface area contributed by atoms with Crippen LogP contribution in [0.5, 0.6) is 0 Å². The van der Waals surface area contributed by atoms with Gasteiger partial charge in [0.25, 0.3) is 5.91 Å². The monoisotopic (exact) mass is 389 g/mol. The Hall–Kier alpha value is -3.06. The molecule has 0 bridgehead atoms. The zero-order chi connectivity index (χ0) is 19.6. The summed E-state index contributed by atoms with van der Waals surface area (Å²) in [6, 6.07) is 11.9. The van der Waals surface area contributed by atoms with Crippen molar-refractivity contribution in [2.75, 3.05) is 37.7 Å². The normalized spacial score (nSPS) is 19.7. The molecule has 1 atom stereocenters. The third-order valence-corrected chi connectivity index (χ3v) is 5.60. The van der Waals surface area contributed by atoms with Gasteiger partial charge < -0.3 is 14.5 Å². The highest BCUT2D eigenvalue weighted by Gasteiger charge is 2.31. The average molecular weight is 389 g/mol. The number of piperazine rings is 1. The van der Waals surface area contributed by atoms with Crippen LogP contribution in [0.1, 0.15) is 12.8 Å². The molecule has 0 radical (unpaired) electrons. The molecule has 29 heavy (non-hydrogen) atoms. The smallest absolute Gasteiger partial charge is 0.251 e. The average Bonchev–Trinajstić information content (AvgIpc) is 3.34. The number of hydrogen-bond donors (Lipinski definition) is 0. The van der Waals surface area contributed by atoms with E-state index in [1.165, 1.54) is 0 Å². The fourth-order valence-electron chi connectivity index (χ4n) is 4.04. The molecule has 4 heterocycles. The molecular formula is C22H23N5O2. The summed E-state index contributed by atoms with van der Waals surface area (Å²) in [7, 11) is 0. The predicted molar refractivity (Wildman–Crippen MR) is 111 cm³/mol. The molecular weight excluding hydrogens is 366 g/mol. The first-order valence-electron chi connectivity index (χ1n) is 10.1. The SMILES string of the molecule is O=C(C1CCCO1)N1CCN(c2nc(-c3cccnc3)nc3ccccc23)CC1. The lowest BCUT2D eigenvalue weighted by molar-refractivity contribution is -0.141. The molecule has 2 aliphatic heterocycles. The van der Waals surface area contributed by atoms with Gasteiger partial charge in [-0.2, -0.15) is 0 Å². The second-order valence-electron chi connectivity index (χ2n) is 7.44. The van der Waals surface area contributed by atoms with Crippen LogP contribution in [-0.4, -0.2) is 64.6 Å². The Morgan fingerprint density at radius 1 is 1.03 bits per heavy atom. The van der Waals surface area contributed by atoms with Crippen molar-refractivity contribution in [2.24, 2.45) is 0 Å². The molecule has 2 fully saturated rings. The molecule has 0 N–H and O–H groups in total. The number of rotatable bonds is 3. The molecule has 2 saturated heterocycles. The minimum atomic E-state index is -0.251. The van der Waals surface area contributed by atoms with Crippen molar-refractivity contribution in [3.8, 4) is 11.4 Å². The van der Waals surface area contributed by atoms with Gasteiger partial charge in [0.15, 0.2) is 5.82 Å². The van der Waals surface area contributed by atoms with Gasteiger partial charge in [0.1, 0.15) is 11.9 Å². The van der Waals surface area contributed by atoms with Gasteiger partial charge in [-0.15, -0.1) is 0 Å². The van der Waals surface area contributed by atoms with E-state index in [0.717, 1.165) is 48.2 Å². The zero-order valence-corrected chi connectivity index (χ0v) is 16.2. The van der Waals surface area contributed by atoms with E-state index < -0.39 is 0 Å². The number of fused-ring (bicyclic) bond motifs is 1. The Kier molecular flexibility index (Phi) is 4.81. The van der Waals surface area contributed by atoms with Gasteiger partial charge in [-0.25, -0.2) is 9.97 Å². The highest BCUT2D eigenvalue weighted by atomic mass is 16.5. The highest BCUT2D eigenvalue weighted by Crippen LogP contribution is 2.28. The first-order chi connectivity index (χ1) is 14.3. The molecule has 7 nitrogen and oxygen atoms in total. The topological polar surface area (TPSA) is 71.5 Å². The van der Waals surface area contributed by atoms with Gasteiger partial charge in [0.05, 0.1) is 5.52 Å². The molecule has 1 unspecified atom stereocenters. The molecule has 0 aliphatic carbocycles. The van der Waals surface area contributed by atoms with Crippen LogP contribution in [0, 0.1) is 0 Å². The van der Waals surface area contributed by atoms with E-state index in [4.69, 9.17) is 14.7 Å². The van der Waals surface area contributed by atoms with Crippen LogP contribution in [0.3, 0.4) is 0 Å². The molecule has 0 saturated carbocycles. The zero-order valence-electron chi connectivity index (χ0n) is 16.2. The van der Waals surface area contributed by atoms with E-state index in [-0.39, 0.29) is 12.0 Å². The molecule has 5 rings (SSSR count). The number of pyridine rings is 1. The molecule has 1 aromatic carbocycles. The van der Waals surface area contributed by atoms with Gasteiger partial charge in [-0.3, -0.25) is 9.78 Å². The fraction of sp³-hybridized carbons (Fsp3) is 0.364. The van der Waals surface area contributed by atoms with Crippen molar-refractivity contribution in [1.29, 1.82) is 0 Å². The number of anilines is 1. The van der Waals surface area contributed by atoms with Crippen LogP contribution in [0.2, 0.25) is 0 Å². The lowest BCUT2D eigenvalue weighted by Crippen LogP contribution is -2.51. The number of carbonyl (C=O) groups excluding carboxylic acids is 1. The number of hydrogen-bond acceptors (Lipinski definition) is 6. The molecule has 2 aromatic heterocycles. The summed E-state index contributed by atoms with van der Waals surface area (Å²) in [5.41, 5.74) is 1.81. The van der Waals surface area contributed by atoms with E-state index in [2.05, 4.69) is 16.0 Å². The van der Waals surface area contributed by atoms with E-state index in [0.29, 0.717) is 25.5 Å². The number of benzene rings is 1. The number of ether oxygens (including phenoxy) is 1. The molecule has 148 valence electrons. The lowest BCUT2D eigenvalue weighted by Gasteiger charge is -2.36. The van der Waals surface area contributed by atoms with Crippen molar-refractivity contribution in [3.63, 3.8) is 0 Å². The number of para-hydroxylation sites is 1. The molecule has 3 aromatic rings. The summed E-state index contributed by atoms with van der Waals surface area (Å²) >= 11 is 0. The fourth-order valence-corrected chi connectivity index (χ4v) is 4.04. The quantitative estimate of drug-likeness (QED) is 0.686. The highest BCUT2D eigenvalue weighted by molar-refractivity contribution is 5.91. The Balaban J connectivity index is 1.42. The van der Waals surface area contributed by atoms with Gasteiger partial charge in [-0.1, -0.05) is 12.1 Å². The molecule has 0 spiro atoms. The summed E-state index contributed by atoms with van der Waals surface area (Å²) in [5.74, 6) is 1.72. The maximum absolute atomic E-state index is 12.6. The van der Waals surface area contributed by atoms with Gasteiger partial charge in [-0.05, 0) is 37.1 Å². The standard InChI is InChI=1S/C22H23N5O2/c28-22(19-8-4-14-29-19)27-12-10-26(11-13-27)21-17-6-1-2-7-18(17)24-20(25-21)16-5-3-9-23-15-16/h1-3,5-7,9,15,19H,4,8,10-14H2. The van der Waals surface area contributed by atoms with E-state index >= 15 is 0 Å². The van der Waals surface area contributed by atoms with Crippen LogP contribution in [0.25, 0.3) is 22.3 Å². The Morgan fingerprint density at radius 3 is 2.66 bits per heavy atom. The minimum Gasteiger partial charge on any atom is -0.368 e. The second-order valence-corrected chi connectivity index (χ2v) is 7.44. The van der Waals surface area contributed by atoms with Crippen molar-refractivity contribution in [3.05, 3.63) is 48.8 Å². The van der Waals surface area contributed by atoms with Crippen LogP contribution in [0.15, 0.2) is 48.8 Å². The number of nitrogens with zero attached hydrogens (tertiary/aromatic N) is 5. The van der Waals surface area contributed by atoms with E-state index in [9.17, 15) is 4.79 Å². The Morgan fingerprint density at radius 2 is 1.90 bits per heavy atom. The molecule has 7 heteroatoms. The third kappa shape index (κ3) is 3.53. The predicted octanol–water partition coefficient (Wildman–Crippen LogP) is 2.52. The Labute approximate surface area is 169 Å². The van der Waals surface area contributed by atoms with Crippen LogP contribution >= 0.6 is 0 Å². The van der Waals surface area contributed by atoms with E-state index in [1.807, 2.05) is 35.2 Å². The second kappa shape index (κ2) is 7.75.